The summed E-state index contributed by atoms with van der Waals surface area (Å²) < 4.78 is 11.7. The van der Waals surface area contributed by atoms with Crippen LogP contribution in [0, 0.1) is 0 Å². The molecule has 0 bridgehead atoms. The molecule has 0 radical (unpaired) electrons. The second kappa shape index (κ2) is 2.57. The lowest BCUT2D eigenvalue weighted by atomic mass is 9.89. The zero-order valence-electron chi connectivity index (χ0n) is 8.14. The van der Waals surface area contributed by atoms with Crippen LogP contribution < -0.4 is 0 Å². The van der Waals surface area contributed by atoms with Crippen molar-refractivity contribution >= 4 is 21.9 Å². The predicted octanol–water partition coefficient (Wildman–Crippen LogP) is 2.57. The Morgan fingerprint density at radius 1 is 1.13 bits per heavy atom. The van der Waals surface area contributed by atoms with Crippen molar-refractivity contribution < 1.29 is 4.55 Å². The summed E-state index contributed by atoms with van der Waals surface area (Å²) in [5.74, 6) is 0. The fraction of sp³-hybridized carbons (Fsp3) is 0.231. The van der Waals surface area contributed by atoms with E-state index in [0.717, 1.165) is 6.42 Å². The van der Waals surface area contributed by atoms with Crippen LogP contribution in [0.25, 0.3) is 10.8 Å². The Hall–Kier alpha value is -0.990. The molecule has 0 aromatic heterocycles. The van der Waals surface area contributed by atoms with Gasteiger partial charge in [0.25, 0.3) is 0 Å². The average Bonchev–Trinajstić information content (AvgIpc) is 2.91. The van der Waals surface area contributed by atoms with Gasteiger partial charge in [-0.25, -0.2) is 0 Å². The molecule has 0 N–H and O–H groups in total. The van der Waals surface area contributed by atoms with Gasteiger partial charge in [-0.1, -0.05) is 36.4 Å². The van der Waals surface area contributed by atoms with Crippen molar-refractivity contribution in [2.24, 2.45) is 0 Å². The fourth-order valence-corrected chi connectivity index (χ4v) is 4.46. The van der Waals surface area contributed by atoms with E-state index < -0.39 is 11.2 Å². The van der Waals surface area contributed by atoms with E-state index in [9.17, 15) is 4.55 Å². The van der Waals surface area contributed by atoms with E-state index >= 15 is 0 Å². The van der Waals surface area contributed by atoms with Crippen LogP contribution >= 0.6 is 0 Å². The number of hydrogen-bond acceptors (Lipinski definition) is 1. The molecule has 1 aliphatic carbocycles. The molecule has 74 valence electrons. The monoisotopic (exact) mass is 214 g/mol. The summed E-state index contributed by atoms with van der Waals surface area (Å²) in [6, 6.07) is 12.8. The summed E-state index contributed by atoms with van der Waals surface area (Å²) in [7, 11) is 0. The molecule has 1 aliphatic heterocycles. The molecule has 4 rings (SSSR count). The maximum absolute atomic E-state index is 11.7. The van der Waals surface area contributed by atoms with Crippen LogP contribution in [-0.2, 0) is 17.6 Å². The van der Waals surface area contributed by atoms with E-state index in [4.69, 9.17) is 0 Å². The molecule has 1 saturated heterocycles. The highest BCUT2D eigenvalue weighted by molar-refractivity contribution is 7.99. The van der Waals surface area contributed by atoms with Gasteiger partial charge in [0.1, 0.15) is 0 Å². The smallest absolute Gasteiger partial charge is 0.189 e. The van der Waals surface area contributed by atoms with Gasteiger partial charge in [0.05, 0.1) is 0 Å². The normalized spacial score (nSPS) is 31.4. The van der Waals surface area contributed by atoms with Crippen LogP contribution in [0.15, 0.2) is 36.4 Å². The molecule has 3 atom stereocenters. The van der Waals surface area contributed by atoms with E-state index in [-0.39, 0.29) is 0 Å². The summed E-state index contributed by atoms with van der Waals surface area (Å²) in [6.07, 6.45) is 1.01. The van der Waals surface area contributed by atoms with Gasteiger partial charge in [-0.3, -0.25) is 0 Å². The van der Waals surface area contributed by atoms with Crippen molar-refractivity contribution in [3.05, 3.63) is 47.5 Å². The first kappa shape index (κ1) is 8.20. The molecule has 2 heteroatoms. The molecular weight excluding hydrogens is 204 g/mol. The van der Waals surface area contributed by atoms with Crippen LogP contribution in [0.1, 0.15) is 16.4 Å². The van der Waals surface area contributed by atoms with Crippen LogP contribution in [0.3, 0.4) is 0 Å². The van der Waals surface area contributed by atoms with Crippen LogP contribution in [-0.4, -0.2) is 9.80 Å². The first-order valence-corrected chi connectivity index (χ1v) is 6.54. The van der Waals surface area contributed by atoms with Gasteiger partial charge < -0.3 is 4.55 Å². The molecule has 3 unspecified atom stereocenters. The third kappa shape index (κ3) is 0.938. The zero-order valence-corrected chi connectivity index (χ0v) is 8.96. The summed E-state index contributed by atoms with van der Waals surface area (Å²) in [5.41, 5.74) is 2.70. The van der Waals surface area contributed by atoms with Gasteiger partial charge in [0, 0.05) is 12.0 Å². The fourth-order valence-electron chi connectivity index (χ4n) is 2.82. The van der Waals surface area contributed by atoms with Gasteiger partial charge in [-0.2, -0.15) is 0 Å². The van der Waals surface area contributed by atoms with Gasteiger partial charge in [0.15, 0.2) is 10.5 Å². The van der Waals surface area contributed by atoms with E-state index in [0.29, 0.717) is 10.5 Å². The third-order valence-electron chi connectivity index (χ3n) is 3.56. The second-order valence-electron chi connectivity index (χ2n) is 4.35. The minimum atomic E-state index is -0.607. The molecular formula is C13H10OS. The third-order valence-corrected chi connectivity index (χ3v) is 5.36. The maximum atomic E-state index is 11.7. The van der Waals surface area contributed by atoms with Crippen molar-refractivity contribution in [1.82, 2.24) is 0 Å². The highest BCUT2D eigenvalue weighted by Gasteiger charge is 2.59. The quantitative estimate of drug-likeness (QED) is 0.488. The lowest BCUT2D eigenvalue weighted by Crippen LogP contribution is -2.03. The number of rotatable bonds is 0. The van der Waals surface area contributed by atoms with Gasteiger partial charge >= 0.3 is 0 Å². The van der Waals surface area contributed by atoms with E-state index in [1.807, 2.05) is 0 Å². The summed E-state index contributed by atoms with van der Waals surface area (Å²) >= 11 is -0.607. The lowest BCUT2D eigenvalue weighted by Gasteiger charge is -2.11. The summed E-state index contributed by atoms with van der Waals surface area (Å²) in [4.78, 5) is 0. The Balaban J connectivity index is 2.13. The second-order valence-corrected chi connectivity index (χ2v) is 6.12. The molecule has 1 fully saturated rings. The van der Waals surface area contributed by atoms with Crippen LogP contribution in [0.5, 0.6) is 0 Å². The van der Waals surface area contributed by atoms with E-state index in [1.165, 1.54) is 21.9 Å². The number of benzene rings is 2. The van der Waals surface area contributed by atoms with Gasteiger partial charge in [-0.05, 0) is 27.5 Å². The molecule has 0 saturated carbocycles. The van der Waals surface area contributed by atoms with Crippen LogP contribution in [0.2, 0.25) is 0 Å². The topological polar surface area (TPSA) is 23.1 Å². The molecule has 1 nitrogen and oxygen atoms in total. The highest BCUT2D eigenvalue weighted by atomic mass is 32.2. The van der Waals surface area contributed by atoms with E-state index in [2.05, 4.69) is 36.4 Å². The summed E-state index contributed by atoms with van der Waals surface area (Å²) in [6.45, 7) is 0. The molecule has 2 aliphatic rings. The molecule has 15 heavy (non-hydrogen) atoms. The number of hydrogen-bond donors (Lipinski definition) is 0. The Kier molecular flexibility index (Phi) is 1.41. The SMILES string of the molecule is [O-][S+]1C2Cc3cccc4cccc(c34)C21. The average molecular weight is 214 g/mol. The first-order valence-electron chi connectivity index (χ1n) is 5.26. The minimum Gasteiger partial charge on any atom is -0.615 e. The Bertz CT molecular complexity index is 558. The zero-order chi connectivity index (χ0) is 9.99. The van der Waals surface area contributed by atoms with Gasteiger partial charge in [0.2, 0.25) is 0 Å². The highest BCUT2D eigenvalue weighted by Crippen LogP contribution is 2.54. The van der Waals surface area contributed by atoms with Crippen molar-refractivity contribution in [3.8, 4) is 0 Å². The van der Waals surface area contributed by atoms with Crippen molar-refractivity contribution in [1.29, 1.82) is 0 Å². The van der Waals surface area contributed by atoms with Crippen molar-refractivity contribution in [2.45, 2.75) is 16.9 Å². The Morgan fingerprint density at radius 3 is 2.80 bits per heavy atom. The molecule has 0 amide bonds. The van der Waals surface area contributed by atoms with E-state index in [1.54, 1.807) is 0 Å². The molecule has 0 spiro atoms. The van der Waals surface area contributed by atoms with Gasteiger partial charge in [-0.15, -0.1) is 0 Å². The molecule has 1 heterocycles. The van der Waals surface area contributed by atoms with Crippen molar-refractivity contribution in [3.63, 3.8) is 0 Å². The first-order chi connectivity index (χ1) is 7.36. The Labute approximate surface area is 91.3 Å². The molecule has 2 aromatic carbocycles. The molecule has 2 aromatic rings. The predicted molar refractivity (Wildman–Crippen MR) is 62.3 cm³/mol. The largest absolute Gasteiger partial charge is 0.615 e. The lowest BCUT2D eigenvalue weighted by molar-refractivity contribution is 0.610. The Morgan fingerprint density at radius 2 is 1.93 bits per heavy atom. The maximum Gasteiger partial charge on any atom is 0.189 e. The minimum absolute atomic E-state index is 0.337. The summed E-state index contributed by atoms with van der Waals surface area (Å²) in [5, 5.41) is 3.41. The van der Waals surface area contributed by atoms with Crippen molar-refractivity contribution in [2.75, 3.05) is 0 Å². The van der Waals surface area contributed by atoms with Crippen LogP contribution in [0.4, 0.5) is 0 Å². The standard InChI is InChI=1S/C13H10OS/c14-15-11-7-9-5-1-3-8-4-2-6-10(12(8)9)13(11)15/h1-6,11,13H,7H2. The number of fused-ring (bicyclic) bond motifs is 2.